The Morgan fingerprint density at radius 2 is 1.69 bits per heavy atom. The molecule has 2 heterocycles. The molecule has 0 radical (unpaired) electrons. The number of amides is 1. The van der Waals surface area contributed by atoms with Gasteiger partial charge in [-0.1, -0.05) is 30.3 Å². The van der Waals surface area contributed by atoms with E-state index in [1.807, 2.05) is 67.1 Å². The molecule has 7 nitrogen and oxygen atoms in total. The highest BCUT2D eigenvalue weighted by atomic mass is 16.5. The first kappa shape index (κ1) is 21.1. The van der Waals surface area contributed by atoms with Crippen LogP contribution in [0.3, 0.4) is 0 Å². The average Bonchev–Trinajstić information content (AvgIpc) is 3.11. The van der Waals surface area contributed by atoms with Crippen LogP contribution in [0.2, 0.25) is 0 Å². The van der Waals surface area contributed by atoms with Crippen LogP contribution in [0.15, 0.2) is 73.1 Å². The van der Waals surface area contributed by atoms with E-state index >= 15 is 0 Å². The molecule has 7 heteroatoms. The number of para-hydroxylation sites is 1. The summed E-state index contributed by atoms with van der Waals surface area (Å²) < 4.78 is 6.63. The van der Waals surface area contributed by atoms with E-state index < -0.39 is 5.97 Å². The molecule has 0 saturated carbocycles. The quantitative estimate of drug-likeness (QED) is 0.439. The molecule has 2 N–H and O–H groups in total. The third-order valence-electron chi connectivity index (χ3n) is 5.45. The molecule has 0 spiro atoms. The Bertz CT molecular complexity index is 1260. The Hall–Kier alpha value is -4.13. The lowest BCUT2D eigenvalue weighted by Gasteiger charge is -2.16. The van der Waals surface area contributed by atoms with Crippen molar-refractivity contribution >= 4 is 34.2 Å². The average molecular weight is 428 g/mol. The van der Waals surface area contributed by atoms with Gasteiger partial charge in [0.05, 0.1) is 29.9 Å². The lowest BCUT2D eigenvalue weighted by atomic mass is 10.1. The predicted octanol–water partition coefficient (Wildman–Crippen LogP) is 4.59. The molecule has 0 aliphatic rings. The van der Waals surface area contributed by atoms with Gasteiger partial charge in [-0.25, -0.2) is 4.79 Å². The zero-order chi connectivity index (χ0) is 22.7. The molecule has 0 saturated heterocycles. The summed E-state index contributed by atoms with van der Waals surface area (Å²) in [5.41, 5.74) is 4.41. The number of carbonyl (C=O) groups excluding carboxylic acids is 2. The van der Waals surface area contributed by atoms with Crippen LogP contribution in [0.5, 0.6) is 0 Å². The third-order valence-corrected chi connectivity index (χ3v) is 5.45. The molecule has 1 unspecified atom stereocenters. The standard InChI is InChI=1S/C25H24N4O3/c1-16(17-8-10-18(11-9-17)25(31)32-3)27-24(30)23-22(28-19-12-14-26-15-13-19)20-6-4-5-7-21(20)29(23)2/h4-16H,1-3H3,(H,26,28)(H,27,30). The van der Waals surface area contributed by atoms with Gasteiger partial charge in [0.1, 0.15) is 5.69 Å². The first-order valence-electron chi connectivity index (χ1n) is 10.2. The number of nitrogens with one attached hydrogen (secondary N) is 2. The van der Waals surface area contributed by atoms with Gasteiger partial charge in [-0.3, -0.25) is 9.78 Å². The zero-order valence-corrected chi connectivity index (χ0v) is 18.1. The van der Waals surface area contributed by atoms with Crippen LogP contribution in [-0.2, 0) is 11.8 Å². The maximum Gasteiger partial charge on any atom is 0.337 e. The van der Waals surface area contributed by atoms with E-state index in [-0.39, 0.29) is 11.9 Å². The number of ether oxygens (including phenoxy) is 1. The predicted molar refractivity (Wildman–Crippen MR) is 124 cm³/mol. The third kappa shape index (κ3) is 4.05. The van der Waals surface area contributed by atoms with E-state index in [2.05, 4.69) is 15.6 Å². The molecule has 4 aromatic rings. The summed E-state index contributed by atoms with van der Waals surface area (Å²) in [6.45, 7) is 1.91. The number of aryl methyl sites for hydroxylation is 1. The van der Waals surface area contributed by atoms with Crippen LogP contribution in [0.25, 0.3) is 10.9 Å². The minimum absolute atomic E-state index is 0.204. The van der Waals surface area contributed by atoms with E-state index in [4.69, 9.17) is 4.74 Å². The number of pyridine rings is 1. The van der Waals surface area contributed by atoms with Crippen molar-refractivity contribution < 1.29 is 14.3 Å². The van der Waals surface area contributed by atoms with Crippen LogP contribution in [0.4, 0.5) is 11.4 Å². The number of fused-ring (bicyclic) bond motifs is 1. The van der Waals surface area contributed by atoms with Gasteiger partial charge in [0.15, 0.2) is 0 Å². The number of benzene rings is 2. The maximum atomic E-state index is 13.4. The number of anilines is 2. The lowest BCUT2D eigenvalue weighted by molar-refractivity contribution is 0.0600. The Balaban J connectivity index is 1.65. The smallest absolute Gasteiger partial charge is 0.337 e. The van der Waals surface area contributed by atoms with E-state index in [0.717, 1.165) is 27.8 Å². The number of nitrogens with zero attached hydrogens (tertiary/aromatic N) is 2. The normalized spacial score (nSPS) is 11.7. The summed E-state index contributed by atoms with van der Waals surface area (Å²) in [5, 5.41) is 7.41. The van der Waals surface area contributed by atoms with E-state index in [1.54, 1.807) is 24.5 Å². The van der Waals surface area contributed by atoms with Gasteiger partial charge in [-0.15, -0.1) is 0 Å². The van der Waals surface area contributed by atoms with Crippen molar-refractivity contribution in [1.82, 2.24) is 14.9 Å². The van der Waals surface area contributed by atoms with Crippen LogP contribution >= 0.6 is 0 Å². The number of aromatic nitrogens is 2. The Kier molecular flexibility index (Phi) is 5.89. The van der Waals surface area contributed by atoms with Crippen LogP contribution in [-0.4, -0.2) is 28.5 Å². The molecule has 1 amide bonds. The van der Waals surface area contributed by atoms with Crippen LogP contribution < -0.4 is 10.6 Å². The highest BCUT2D eigenvalue weighted by Crippen LogP contribution is 2.33. The molecule has 2 aromatic carbocycles. The largest absolute Gasteiger partial charge is 0.465 e. The van der Waals surface area contributed by atoms with Crippen molar-refractivity contribution in [2.75, 3.05) is 12.4 Å². The molecular formula is C25H24N4O3. The van der Waals surface area contributed by atoms with Crippen LogP contribution in [0.1, 0.15) is 39.4 Å². The highest BCUT2D eigenvalue weighted by molar-refractivity contribution is 6.09. The van der Waals surface area contributed by atoms with Gasteiger partial charge in [-0.05, 0) is 42.8 Å². The van der Waals surface area contributed by atoms with Gasteiger partial charge >= 0.3 is 5.97 Å². The Labute approximate surface area is 186 Å². The summed E-state index contributed by atoms with van der Waals surface area (Å²) in [4.78, 5) is 29.1. The Morgan fingerprint density at radius 3 is 2.38 bits per heavy atom. The SMILES string of the molecule is COC(=O)c1ccc(C(C)NC(=O)c2c(Nc3ccncc3)c3ccccc3n2C)cc1. The van der Waals surface area contributed by atoms with Crippen molar-refractivity contribution in [2.45, 2.75) is 13.0 Å². The molecule has 162 valence electrons. The highest BCUT2D eigenvalue weighted by Gasteiger charge is 2.23. The zero-order valence-electron chi connectivity index (χ0n) is 18.1. The van der Waals surface area contributed by atoms with Crippen molar-refractivity contribution in [3.63, 3.8) is 0 Å². The second kappa shape index (κ2) is 8.93. The van der Waals surface area contributed by atoms with Gasteiger partial charge < -0.3 is 19.9 Å². The summed E-state index contributed by atoms with van der Waals surface area (Å²) in [5.74, 6) is -0.597. The minimum Gasteiger partial charge on any atom is -0.465 e. The second-order valence-electron chi connectivity index (χ2n) is 7.47. The number of hydrogen-bond donors (Lipinski definition) is 2. The van der Waals surface area contributed by atoms with Gasteiger partial charge in [-0.2, -0.15) is 0 Å². The van der Waals surface area contributed by atoms with Crippen molar-refractivity contribution in [3.05, 3.63) is 89.9 Å². The molecule has 0 aliphatic heterocycles. The first-order valence-corrected chi connectivity index (χ1v) is 10.2. The van der Waals surface area contributed by atoms with Gasteiger partial charge in [0, 0.05) is 30.5 Å². The molecule has 0 fully saturated rings. The van der Waals surface area contributed by atoms with Crippen molar-refractivity contribution in [1.29, 1.82) is 0 Å². The van der Waals surface area contributed by atoms with Gasteiger partial charge in [0.2, 0.25) is 0 Å². The monoisotopic (exact) mass is 428 g/mol. The van der Waals surface area contributed by atoms with Crippen molar-refractivity contribution in [3.8, 4) is 0 Å². The first-order chi connectivity index (χ1) is 15.5. The summed E-state index contributed by atoms with van der Waals surface area (Å²) >= 11 is 0. The fourth-order valence-electron chi connectivity index (χ4n) is 3.74. The fraction of sp³-hybridized carbons (Fsp3) is 0.160. The van der Waals surface area contributed by atoms with E-state index in [1.165, 1.54) is 7.11 Å². The minimum atomic E-state index is -0.393. The molecule has 32 heavy (non-hydrogen) atoms. The fourth-order valence-corrected chi connectivity index (χ4v) is 3.74. The molecule has 0 aliphatic carbocycles. The molecular weight excluding hydrogens is 404 g/mol. The van der Waals surface area contributed by atoms with E-state index in [0.29, 0.717) is 11.3 Å². The number of rotatable bonds is 6. The molecule has 1 atom stereocenters. The van der Waals surface area contributed by atoms with Crippen LogP contribution in [0, 0.1) is 0 Å². The second-order valence-corrected chi connectivity index (χ2v) is 7.47. The molecule has 2 aromatic heterocycles. The number of hydrogen-bond acceptors (Lipinski definition) is 5. The molecule has 0 bridgehead atoms. The topological polar surface area (TPSA) is 85.2 Å². The van der Waals surface area contributed by atoms with Crippen molar-refractivity contribution in [2.24, 2.45) is 7.05 Å². The lowest BCUT2D eigenvalue weighted by Crippen LogP contribution is -2.29. The van der Waals surface area contributed by atoms with E-state index in [9.17, 15) is 9.59 Å². The summed E-state index contributed by atoms with van der Waals surface area (Å²) in [6, 6.07) is 18.3. The number of methoxy groups -OCH3 is 1. The number of carbonyl (C=O) groups is 2. The maximum absolute atomic E-state index is 13.4. The number of esters is 1. The van der Waals surface area contributed by atoms with Gasteiger partial charge in [0.25, 0.3) is 5.91 Å². The Morgan fingerprint density at radius 1 is 1.00 bits per heavy atom. The summed E-state index contributed by atoms with van der Waals surface area (Å²) in [7, 11) is 3.23. The molecule has 4 rings (SSSR count). The summed E-state index contributed by atoms with van der Waals surface area (Å²) in [6.07, 6.45) is 3.40.